The lowest BCUT2D eigenvalue weighted by molar-refractivity contribution is 0.0596. The van der Waals surface area contributed by atoms with Crippen LogP contribution in [-0.4, -0.2) is 21.6 Å². The number of fused-ring (bicyclic) bond motifs is 1. The van der Waals surface area contributed by atoms with E-state index in [0.717, 1.165) is 0 Å². The molecule has 0 aromatic heterocycles. The van der Waals surface area contributed by atoms with E-state index in [0.29, 0.717) is 0 Å². The Morgan fingerprint density at radius 1 is 1.08 bits per heavy atom. The van der Waals surface area contributed by atoms with Crippen LogP contribution in [-0.2, 0) is 0 Å². The number of carbonyl (C=O) groups is 2. The molecule has 0 saturated heterocycles. The number of thiol groups is 1. The fourth-order valence-electron chi connectivity index (χ4n) is 1.36. The summed E-state index contributed by atoms with van der Waals surface area (Å²) < 4.78 is 0. The summed E-state index contributed by atoms with van der Waals surface area (Å²) in [5, 5.41) is 9.42. The molecule has 0 atom stereocenters. The molecule has 0 bridgehead atoms. The van der Waals surface area contributed by atoms with Crippen LogP contribution >= 0.6 is 12.6 Å². The van der Waals surface area contributed by atoms with Crippen LogP contribution in [0.4, 0.5) is 0 Å². The summed E-state index contributed by atoms with van der Waals surface area (Å²) in [7, 11) is 0. The van der Waals surface area contributed by atoms with Crippen LogP contribution in [0.15, 0.2) is 24.3 Å². The molecule has 1 aliphatic rings. The molecule has 1 aromatic carbocycles. The van der Waals surface area contributed by atoms with E-state index in [9.17, 15) is 14.7 Å². The average Bonchev–Trinajstić information content (AvgIpc) is 2.30. The van der Waals surface area contributed by atoms with Crippen molar-refractivity contribution in [3.63, 3.8) is 0 Å². The SMILES string of the molecule is O=C1c2ccccc2C(=O)C1(O)S. The van der Waals surface area contributed by atoms with E-state index in [4.69, 9.17) is 0 Å². The zero-order chi connectivity index (χ0) is 9.64. The summed E-state index contributed by atoms with van der Waals surface area (Å²) in [5.41, 5.74) is 0.481. The zero-order valence-electron chi connectivity index (χ0n) is 6.52. The zero-order valence-corrected chi connectivity index (χ0v) is 7.41. The molecule has 66 valence electrons. The van der Waals surface area contributed by atoms with Gasteiger partial charge in [-0.25, -0.2) is 0 Å². The highest BCUT2D eigenvalue weighted by Crippen LogP contribution is 2.32. The summed E-state index contributed by atoms with van der Waals surface area (Å²) in [5.74, 6) is -1.28. The third kappa shape index (κ3) is 0.959. The van der Waals surface area contributed by atoms with Crippen LogP contribution in [0.25, 0.3) is 0 Å². The van der Waals surface area contributed by atoms with Gasteiger partial charge in [0.1, 0.15) is 0 Å². The van der Waals surface area contributed by atoms with Crippen molar-refractivity contribution in [2.75, 3.05) is 0 Å². The van der Waals surface area contributed by atoms with Gasteiger partial charge in [-0.05, 0) is 0 Å². The Morgan fingerprint density at radius 3 is 1.85 bits per heavy atom. The molecule has 0 radical (unpaired) electrons. The molecule has 0 saturated carbocycles. The largest absolute Gasteiger partial charge is 0.366 e. The van der Waals surface area contributed by atoms with Crippen LogP contribution in [0, 0.1) is 0 Å². The molecule has 13 heavy (non-hydrogen) atoms. The Labute approximate surface area is 79.8 Å². The molecule has 0 fully saturated rings. The minimum atomic E-state index is -2.16. The van der Waals surface area contributed by atoms with Gasteiger partial charge >= 0.3 is 0 Å². The second kappa shape index (κ2) is 2.43. The van der Waals surface area contributed by atoms with Crippen LogP contribution < -0.4 is 0 Å². The number of carbonyl (C=O) groups excluding carboxylic acids is 2. The smallest absolute Gasteiger partial charge is 0.235 e. The fourth-order valence-corrected chi connectivity index (χ4v) is 1.60. The highest BCUT2D eigenvalue weighted by Gasteiger charge is 2.48. The third-order valence-corrected chi connectivity index (χ3v) is 2.46. The first-order valence-corrected chi connectivity index (χ1v) is 4.13. The van der Waals surface area contributed by atoms with Gasteiger partial charge in [0.05, 0.1) is 0 Å². The van der Waals surface area contributed by atoms with Gasteiger partial charge in [-0.3, -0.25) is 9.59 Å². The van der Waals surface area contributed by atoms with Gasteiger partial charge in [-0.1, -0.05) is 24.3 Å². The summed E-state index contributed by atoms with van der Waals surface area (Å²) >= 11 is 3.64. The number of hydrogen-bond donors (Lipinski definition) is 2. The van der Waals surface area contributed by atoms with Crippen LogP contribution in [0.1, 0.15) is 20.7 Å². The number of hydrogen-bond acceptors (Lipinski definition) is 4. The van der Waals surface area contributed by atoms with Crippen molar-refractivity contribution >= 4 is 24.2 Å². The lowest BCUT2D eigenvalue weighted by Gasteiger charge is -2.08. The molecule has 0 amide bonds. The molecule has 0 aliphatic heterocycles. The Hall–Kier alpha value is -1.13. The number of aliphatic hydroxyl groups is 1. The van der Waals surface area contributed by atoms with Crippen molar-refractivity contribution in [3.05, 3.63) is 35.4 Å². The van der Waals surface area contributed by atoms with Crippen molar-refractivity contribution in [3.8, 4) is 0 Å². The lowest BCUT2D eigenvalue weighted by Crippen LogP contribution is -2.34. The Morgan fingerprint density at radius 2 is 1.46 bits per heavy atom. The summed E-state index contributed by atoms with van der Waals surface area (Å²) in [6.45, 7) is 0. The molecule has 1 aliphatic carbocycles. The molecule has 4 heteroatoms. The third-order valence-electron chi connectivity index (χ3n) is 2.05. The first kappa shape index (κ1) is 8.47. The number of benzene rings is 1. The van der Waals surface area contributed by atoms with Gasteiger partial charge in [0.25, 0.3) is 0 Å². The highest BCUT2D eigenvalue weighted by atomic mass is 32.1. The maximum absolute atomic E-state index is 11.4. The van der Waals surface area contributed by atoms with Crippen LogP contribution in [0.3, 0.4) is 0 Å². The first-order chi connectivity index (χ1) is 6.05. The summed E-state index contributed by atoms with van der Waals surface area (Å²) in [6.07, 6.45) is 0. The van der Waals surface area contributed by atoms with E-state index in [2.05, 4.69) is 12.6 Å². The summed E-state index contributed by atoms with van der Waals surface area (Å²) in [4.78, 5) is 20.6. The van der Waals surface area contributed by atoms with Crippen molar-refractivity contribution in [1.82, 2.24) is 0 Å². The maximum atomic E-state index is 11.4. The van der Waals surface area contributed by atoms with Crippen molar-refractivity contribution < 1.29 is 14.7 Å². The molecule has 1 N–H and O–H groups in total. The molecule has 2 rings (SSSR count). The van der Waals surface area contributed by atoms with Gasteiger partial charge < -0.3 is 5.11 Å². The predicted molar refractivity (Wildman–Crippen MR) is 49.0 cm³/mol. The van der Waals surface area contributed by atoms with Crippen LogP contribution in [0.5, 0.6) is 0 Å². The molecule has 0 unspecified atom stereocenters. The number of rotatable bonds is 0. The number of Topliss-reactive ketones (excluding diaryl/α,β-unsaturated/α-hetero) is 2. The molecular formula is C9H6O3S. The van der Waals surface area contributed by atoms with Crippen LogP contribution in [0.2, 0.25) is 0 Å². The quantitative estimate of drug-likeness (QED) is 0.363. The second-order valence-electron chi connectivity index (χ2n) is 2.88. The van der Waals surface area contributed by atoms with Crippen molar-refractivity contribution in [1.29, 1.82) is 0 Å². The molecule has 3 nitrogen and oxygen atoms in total. The monoisotopic (exact) mass is 194 g/mol. The Kier molecular flexibility index (Phi) is 1.58. The van der Waals surface area contributed by atoms with E-state index in [1.54, 1.807) is 12.1 Å². The van der Waals surface area contributed by atoms with Gasteiger partial charge in [-0.15, -0.1) is 12.6 Å². The molecule has 0 spiro atoms. The van der Waals surface area contributed by atoms with E-state index in [1.807, 2.05) is 0 Å². The minimum absolute atomic E-state index is 0.241. The van der Waals surface area contributed by atoms with E-state index in [1.165, 1.54) is 12.1 Å². The van der Waals surface area contributed by atoms with Gasteiger partial charge in [0.15, 0.2) is 0 Å². The summed E-state index contributed by atoms with van der Waals surface area (Å²) in [6, 6.07) is 6.28. The average molecular weight is 194 g/mol. The predicted octanol–water partition coefficient (Wildman–Crippen LogP) is 0.684. The molecule has 1 aromatic rings. The molecular weight excluding hydrogens is 188 g/mol. The Bertz CT molecular complexity index is 372. The minimum Gasteiger partial charge on any atom is -0.366 e. The van der Waals surface area contributed by atoms with Crippen molar-refractivity contribution in [2.24, 2.45) is 0 Å². The van der Waals surface area contributed by atoms with E-state index >= 15 is 0 Å². The standard InChI is InChI=1S/C9H6O3S/c10-7-5-3-1-2-4-6(5)8(11)9(7,12)13/h1-4,12-13H. The van der Waals surface area contributed by atoms with E-state index in [-0.39, 0.29) is 11.1 Å². The normalized spacial score (nSPS) is 18.9. The second-order valence-corrected chi connectivity index (χ2v) is 3.52. The number of ketones is 2. The maximum Gasteiger partial charge on any atom is 0.235 e. The first-order valence-electron chi connectivity index (χ1n) is 3.68. The van der Waals surface area contributed by atoms with Gasteiger partial charge in [-0.2, -0.15) is 0 Å². The highest BCUT2D eigenvalue weighted by molar-refractivity contribution is 7.83. The lowest BCUT2D eigenvalue weighted by atomic mass is 10.1. The van der Waals surface area contributed by atoms with Gasteiger partial charge in [0.2, 0.25) is 16.5 Å². The van der Waals surface area contributed by atoms with Gasteiger partial charge in [0, 0.05) is 11.1 Å². The topological polar surface area (TPSA) is 54.4 Å². The fraction of sp³-hybridized carbons (Fsp3) is 0.111. The Balaban J connectivity index is 2.71. The molecule has 0 heterocycles. The van der Waals surface area contributed by atoms with Crippen molar-refractivity contribution in [2.45, 2.75) is 4.93 Å². The van der Waals surface area contributed by atoms with E-state index < -0.39 is 16.5 Å².